The van der Waals surface area contributed by atoms with E-state index in [2.05, 4.69) is 142 Å². The average Bonchev–Trinajstić information content (AvgIpc) is 3.96. The molecule has 8 rings (SSSR count). The van der Waals surface area contributed by atoms with Gasteiger partial charge in [-0.25, -0.2) is 0 Å². The fraction of sp³-hybridized carbons (Fsp3) is 0.431. The summed E-state index contributed by atoms with van der Waals surface area (Å²) in [5.74, 6) is 1.78. The molecule has 1 heteroatoms. The first kappa shape index (κ1) is 36.1. The molecule has 0 atom stereocenters. The first-order valence-corrected chi connectivity index (χ1v) is 24.3. The van der Waals surface area contributed by atoms with Crippen LogP contribution in [0.25, 0.3) is 33.4 Å². The summed E-state index contributed by atoms with van der Waals surface area (Å²) in [7, 11) is 0. The van der Waals surface area contributed by atoms with Crippen molar-refractivity contribution < 1.29 is 21.3 Å². The van der Waals surface area contributed by atoms with Gasteiger partial charge in [-0.3, -0.25) is 0 Å². The van der Waals surface area contributed by atoms with E-state index in [1.807, 2.05) is 6.55 Å². The molecule has 0 amide bonds. The maximum absolute atomic E-state index is 2.68. The SMILES string of the molecule is CC(C)(C)c1cc2c(cc1-c1ccccc1)Cc1c-2cc(C(C)(C)C)c(-c2ccccc2)[c]1[Zr]([C]1=CC=CC1)=[C](CC1CCCC1)CC1CCCC1. The van der Waals surface area contributed by atoms with Crippen LogP contribution < -0.4 is 3.27 Å². The Balaban J connectivity index is 1.46. The Morgan fingerprint density at radius 3 is 1.73 bits per heavy atom. The zero-order chi connectivity index (χ0) is 36.0. The molecule has 52 heavy (non-hydrogen) atoms. The Morgan fingerprint density at radius 2 is 1.19 bits per heavy atom. The van der Waals surface area contributed by atoms with Gasteiger partial charge in [-0.1, -0.05) is 0 Å². The van der Waals surface area contributed by atoms with Crippen molar-refractivity contribution in [1.29, 1.82) is 0 Å². The normalized spacial score (nSPS) is 17.5. The Labute approximate surface area is 323 Å². The summed E-state index contributed by atoms with van der Waals surface area (Å²) in [6.45, 7) is 14.6. The zero-order valence-corrected chi connectivity index (χ0v) is 35.3. The monoisotopic (exact) mass is 762 g/mol. The molecule has 268 valence electrons. The molecule has 4 aliphatic rings. The predicted molar refractivity (Wildman–Crippen MR) is 223 cm³/mol. The standard InChI is InChI=1S/C33H33.C13H22.C5H5.Zr/c1-32(2,3)30-20-26-24(18-28(30)22-13-9-7-10-14-22)17-25-19-29(23-15-11-8-12-16-23)31(21-27(25)26)33(4,5)6;1-2-7-12(6-1)10-5-11-13-8-3-4-9-13;1-2-4-5-3-1;/h7-16,18,20-21H,17H2,1-6H3;12-13H,1-4,6-11H2;1-3H,4H2;. The molecule has 0 aromatic heterocycles. The van der Waals surface area contributed by atoms with Gasteiger partial charge < -0.3 is 0 Å². The van der Waals surface area contributed by atoms with Crippen LogP contribution in [0, 0.1) is 11.8 Å². The van der Waals surface area contributed by atoms with E-state index in [0.717, 1.165) is 24.7 Å². The fourth-order valence-electron chi connectivity index (χ4n) is 10.2. The van der Waals surface area contributed by atoms with Gasteiger partial charge in [-0.15, -0.1) is 0 Å². The molecule has 0 N–H and O–H groups in total. The van der Waals surface area contributed by atoms with Crippen molar-refractivity contribution in [2.45, 2.75) is 129 Å². The summed E-state index contributed by atoms with van der Waals surface area (Å²) >= 11 is -2.64. The van der Waals surface area contributed by atoms with Gasteiger partial charge in [0, 0.05) is 0 Å². The number of hydrogen-bond donors (Lipinski definition) is 0. The van der Waals surface area contributed by atoms with Gasteiger partial charge in [0.25, 0.3) is 0 Å². The molecule has 0 radical (unpaired) electrons. The van der Waals surface area contributed by atoms with Gasteiger partial charge in [0.05, 0.1) is 0 Å². The number of allylic oxidation sites excluding steroid dienone is 4. The third-order valence-electron chi connectivity index (χ3n) is 12.8. The van der Waals surface area contributed by atoms with Gasteiger partial charge in [-0.2, -0.15) is 0 Å². The predicted octanol–water partition coefficient (Wildman–Crippen LogP) is 13.6. The van der Waals surface area contributed by atoms with Gasteiger partial charge in [0.15, 0.2) is 0 Å². The molecule has 4 aromatic carbocycles. The Bertz CT molecular complexity index is 2010. The molecule has 0 heterocycles. The van der Waals surface area contributed by atoms with Crippen molar-refractivity contribution in [3.8, 4) is 33.4 Å². The summed E-state index contributed by atoms with van der Waals surface area (Å²) < 4.78 is 5.72. The number of benzene rings is 4. The van der Waals surface area contributed by atoms with E-state index in [-0.39, 0.29) is 10.8 Å². The summed E-state index contributed by atoms with van der Waals surface area (Å²) in [4.78, 5) is 0. The number of hydrogen-bond acceptors (Lipinski definition) is 0. The second-order valence-corrected chi connectivity index (χ2v) is 25.1. The molecule has 0 saturated heterocycles. The Hall–Kier alpha value is -2.89. The number of rotatable bonds is 8. The van der Waals surface area contributed by atoms with E-state index >= 15 is 0 Å². The quantitative estimate of drug-likeness (QED) is 0.148. The molecule has 4 aromatic rings. The van der Waals surface area contributed by atoms with Crippen LogP contribution >= 0.6 is 0 Å². The Morgan fingerprint density at radius 1 is 0.635 bits per heavy atom. The number of fused-ring (bicyclic) bond motifs is 3. The topological polar surface area (TPSA) is 0 Å². The van der Waals surface area contributed by atoms with Crippen LogP contribution in [-0.2, 0) is 38.5 Å². The second kappa shape index (κ2) is 14.7. The average molecular weight is 764 g/mol. The van der Waals surface area contributed by atoms with Gasteiger partial charge >= 0.3 is 325 Å². The van der Waals surface area contributed by atoms with Crippen LogP contribution in [0.15, 0.2) is 100 Å². The molecular weight excluding hydrogens is 704 g/mol. The van der Waals surface area contributed by atoms with Crippen molar-refractivity contribution in [2.24, 2.45) is 11.8 Å². The summed E-state index contributed by atoms with van der Waals surface area (Å²) in [5, 5.41) is 0. The zero-order valence-electron chi connectivity index (χ0n) is 32.9. The molecule has 0 nitrogen and oxygen atoms in total. The van der Waals surface area contributed by atoms with Crippen molar-refractivity contribution in [3.63, 3.8) is 0 Å². The van der Waals surface area contributed by atoms with E-state index in [0.29, 0.717) is 0 Å². The molecular formula is C51H60Zr. The second-order valence-electron chi connectivity index (χ2n) is 18.7. The van der Waals surface area contributed by atoms with Crippen LogP contribution in [0.3, 0.4) is 0 Å². The molecule has 0 bridgehead atoms. The van der Waals surface area contributed by atoms with Crippen LogP contribution in [0.1, 0.15) is 134 Å². The first-order chi connectivity index (χ1) is 25.1. The van der Waals surface area contributed by atoms with Gasteiger partial charge in [0.2, 0.25) is 0 Å². The first-order valence-electron chi connectivity index (χ1n) is 20.6. The van der Waals surface area contributed by atoms with Gasteiger partial charge in [0.1, 0.15) is 0 Å². The van der Waals surface area contributed by atoms with Crippen molar-refractivity contribution in [3.05, 3.63) is 123 Å². The molecule has 2 fully saturated rings. The van der Waals surface area contributed by atoms with Crippen LogP contribution in [0.2, 0.25) is 0 Å². The van der Waals surface area contributed by atoms with Crippen molar-refractivity contribution in [2.75, 3.05) is 0 Å². The molecule has 0 aliphatic heterocycles. The van der Waals surface area contributed by atoms with E-state index in [1.165, 1.54) is 97.6 Å². The third kappa shape index (κ3) is 7.18. The fourth-order valence-corrected chi connectivity index (χ4v) is 19.5. The molecule has 2 saturated carbocycles. The minimum atomic E-state index is -2.64. The summed E-state index contributed by atoms with van der Waals surface area (Å²) in [5.41, 5.74) is 15.1. The third-order valence-corrected chi connectivity index (χ3v) is 20.6. The Kier molecular flexibility index (Phi) is 10.2. The molecule has 0 spiro atoms. The van der Waals surface area contributed by atoms with Crippen molar-refractivity contribution >= 4 is 6.48 Å². The van der Waals surface area contributed by atoms with Crippen LogP contribution in [0.4, 0.5) is 0 Å². The maximum atomic E-state index is 2.68. The van der Waals surface area contributed by atoms with E-state index in [9.17, 15) is 0 Å². The van der Waals surface area contributed by atoms with E-state index in [1.54, 1.807) is 22.3 Å². The summed E-state index contributed by atoms with van der Waals surface area (Å²) in [6.07, 6.45) is 24.0. The summed E-state index contributed by atoms with van der Waals surface area (Å²) in [6, 6.07) is 30.8. The van der Waals surface area contributed by atoms with Crippen LogP contribution in [-0.4, -0.2) is 3.21 Å². The minimum absolute atomic E-state index is 0.0161. The van der Waals surface area contributed by atoms with E-state index < -0.39 is 21.3 Å². The van der Waals surface area contributed by atoms with E-state index in [4.69, 9.17) is 0 Å². The van der Waals surface area contributed by atoms with Crippen LogP contribution in [0.5, 0.6) is 0 Å². The van der Waals surface area contributed by atoms with Gasteiger partial charge in [-0.05, 0) is 0 Å². The molecule has 0 unspecified atom stereocenters. The van der Waals surface area contributed by atoms with Crippen molar-refractivity contribution in [1.82, 2.24) is 0 Å². The molecule has 4 aliphatic carbocycles.